The molecule has 0 atom stereocenters. The van der Waals surface area contributed by atoms with Crippen LogP contribution in [0.15, 0.2) is 53.9 Å². The van der Waals surface area contributed by atoms with Crippen LogP contribution in [-0.2, 0) is 4.79 Å². The average molecular weight is 410 g/mol. The molecule has 0 saturated heterocycles. The molecule has 0 aliphatic rings. The maximum atomic E-state index is 12.2. The standard InChI is InChI=1S/C22H22N2O4S/c1-4-5-15-6-11-19(20(12-15)27-3)28-13-21(25)24-22-23-18(14-29-22)16-7-9-17(26-2)10-8-16/h4-12,14H,13H2,1-3H3,(H,23,24,25)/b5-4+. The number of aromatic nitrogens is 1. The maximum absolute atomic E-state index is 12.2. The summed E-state index contributed by atoms with van der Waals surface area (Å²) < 4.78 is 16.1. The first-order valence-corrected chi connectivity index (χ1v) is 9.84. The lowest BCUT2D eigenvalue weighted by molar-refractivity contribution is -0.118. The maximum Gasteiger partial charge on any atom is 0.264 e. The zero-order valence-electron chi connectivity index (χ0n) is 16.5. The summed E-state index contributed by atoms with van der Waals surface area (Å²) in [5.41, 5.74) is 2.73. The van der Waals surface area contributed by atoms with Gasteiger partial charge in [-0.15, -0.1) is 11.3 Å². The van der Waals surface area contributed by atoms with Gasteiger partial charge in [0.1, 0.15) is 5.75 Å². The van der Waals surface area contributed by atoms with Gasteiger partial charge in [0, 0.05) is 10.9 Å². The zero-order valence-corrected chi connectivity index (χ0v) is 17.3. The molecule has 0 radical (unpaired) electrons. The van der Waals surface area contributed by atoms with Gasteiger partial charge in [0.25, 0.3) is 5.91 Å². The fourth-order valence-corrected chi connectivity index (χ4v) is 3.36. The number of allylic oxidation sites excluding steroid dienone is 1. The van der Waals surface area contributed by atoms with Crippen molar-refractivity contribution in [3.05, 3.63) is 59.5 Å². The molecular weight excluding hydrogens is 388 g/mol. The number of rotatable bonds is 8. The molecule has 29 heavy (non-hydrogen) atoms. The van der Waals surface area contributed by atoms with Crippen molar-refractivity contribution in [1.82, 2.24) is 4.98 Å². The Morgan fingerprint density at radius 2 is 1.90 bits per heavy atom. The van der Waals surface area contributed by atoms with Crippen LogP contribution in [0.1, 0.15) is 12.5 Å². The van der Waals surface area contributed by atoms with E-state index in [1.54, 1.807) is 20.3 Å². The Morgan fingerprint density at radius 3 is 2.59 bits per heavy atom. The van der Waals surface area contributed by atoms with E-state index in [2.05, 4.69) is 10.3 Å². The van der Waals surface area contributed by atoms with Gasteiger partial charge in [0.2, 0.25) is 0 Å². The number of hydrogen-bond acceptors (Lipinski definition) is 6. The van der Waals surface area contributed by atoms with Crippen LogP contribution in [0.25, 0.3) is 17.3 Å². The molecule has 1 N–H and O–H groups in total. The van der Waals surface area contributed by atoms with Crippen molar-refractivity contribution in [2.45, 2.75) is 6.92 Å². The Balaban J connectivity index is 1.59. The van der Waals surface area contributed by atoms with Crippen LogP contribution in [0, 0.1) is 0 Å². The highest BCUT2D eigenvalue weighted by Crippen LogP contribution is 2.29. The molecule has 3 aromatic rings. The predicted molar refractivity (Wildman–Crippen MR) is 116 cm³/mol. The summed E-state index contributed by atoms with van der Waals surface area (Å²) in [6, 6.07) is 13.1. The molecule has 6 nitrogen and oxygen atoms in total. The quantitative estimate of drug-likeness (QED) is 0.573. The number of amides is 1. The molecule has 7 heteroatoms. The lowest BCUT2D eigenvalue weighted by atomic mass is 10.2. The van der Waals surface area contributed by atoms with Gasteiger partial charge in [-0.3, -0.25) is 10.1 Å². The van der Waals surface area contributed by atoms with Crippen LogP contribution in [0.4, 0.5) is 5.13 Å². The lowest BCUT2D eigenvalue weighted by Gasteiger charge is -2.11. The number of carbonyl (C=O) groups excluding carboxylic acids is 1. The van der Waals surface area contributed by atoms with E-state index in [0.717, 1.165) is 22.6 Å². The normalized spacial score (nSPS) is 10.7. The van der Waals surface area contributed by atoms with E-state index in [1.165, 1.54) is 11.3 Å². The van der Waals surface area contributed by atoms with Gasteiger partial charge in [0.15, 0.2) is 23.2 Å². The predicted octanol–water partition coefficient (Wildman–Crippen LogP) is 4.88. The first kappa shape index (κ1) is 20.4. The molecule has 0 fully saturated rings. The summed E-state index contributed by atoms with van der Waals surface area (Å²) >= 11 is 1.36. The van der Waals surface area contributed by atoms with Crippen molar-refractivity contribution in [3.63, 3.8) is 0 Å². The summed E-state index contributed by atoms with van der Waals surface area (Å²) in [5.74, 6) is 1.57. The fourth-order valence-electron chi connectivity index (χ4n) is 2.62. The Labute approximate surface area is 173 Å². The molecule has 1 aromatic heterocycles. The summed E-state index contributed by atoms with van der Waals surface area (Å²) in [7, 11) is 3.19. The van der Waals surface area contributed by atoms with Gasteiger partial charge in [-0.1, -0.05) is 18.2 Å². The Morgan fingerprint density at radius 1 is 1.10 bits per heavy atom. The second-order valence-electron chi connectivity index (χ2n) is 6.01. The van der Waals surface area contributed by atoms with E-state index >= 15 is 0 Å². The molecular formula is C22H22N2O4S. The number of nitrogens with one attached hydrogen (secondary N) is 1. The van der Waals surface area contributed by atoms with Crippen molar-refractivity contribution in [2.24, 2.45) is 0 Å². The highest BCUT2D eigenvalue weighted by atomic mass is 32.1. The first-order valence-electron chi connectivity index (χ1n) is 8.96. The molecule has 0 spiro atoms. The van der Waals surface area contributed by atoms with Gasteiger partial charge < -0.3 is 14.2 Å². The van der Waals surface area contributed by atoms with Crippen LogP contribution in [-0.4, -0.2) is 31.7 Å². The molecule has 150 valence electrons. The van der Waals surface area contributed by atoms with Gasteiger partial charge in [-0.2, -0.15) is 0 Å². The van der Waals surface area contributed by atoms with Crippen molar-refractivity contribution in [3.8, 4) is 28.5 Å². The number of hydrogen-bond donors (Lipinski definition) is 1. The number of anilines is 1. The topological polar surface area (TPSA) is 69.7 Å². The summed E-state index contributed by atoms with van der Waals surface area (Å²) in [5, 5.41) is 5.16. The van der Waals surface area contributed by atoms with Crippen molar-refractivity contribution in [2.75, 3.05) is 26.1 Å². The zero-order chi connectivity index (χ0) is 20.6. The second-order valence-corrected chi connectivity index (χ2v) is 6.87. The Kier molecular flexibility index (Phi) is 6.86. The van der Waals surface area contributed by atoms with E-state index in [1.807, 2.05) is 60.9 Å². The molecule has 0 aliphatic carbocycles. The van der Waals surface area contributed by atoms with Gasteiger partial charge in [-0.25, -0.2) is 4.98 Å². The van der Waals surface area contributed by atoms with E-state index in [0.29, 0.717) is 16.6 Å². The molecule has 1 heterocycles. The summed E-state index contributed by atoms with van der Waals surface area (Å²) in [6.07, 6.45) is 3.90. The lowest BCUT2D eigenvalue weighted by Crippen LogP contribution is -2.20. The fraction of sp³-hybridized carbons (Fsp3) is 0.182. The molecule has 2 aromatic carbocycles. The van der Waals surface area contributed by atoms with Gasteiger partial charge >= 0.3 is 0 Å². The SMILES string of the molecule is C/C=C/c1ccc(OCC(=O)Nc2nc(-c3ccc(OC)cc3)cs2)c(OC)c1. The van der Waals surface area contributed by atoms with Gasteiger partial charge in [-0.05, 0) is 48.9 Å². The molecule has 1 amide bonds. The van der Waals surface area contributed by atoms with E-state index in [4.69, 9.17) is 14.2 Å². The van der Waals surface area contributed by atoms with Crippen LogP contribution >= 0.6 is 11.3 Å². The third kappa shape index (κ3) is 5.36. The number of methoxy groups -OCH3 is 2. The minimum atomic E-state index is -0.291. The third-order valence-electron chi connectivity index (χ3n) is 4.04. The molecule has 0 aliphatic heterocycles. The van der Waals surface area contributed by atoms with Crippen molar-refractivity contribution in [1.29, 1.82) is 0 Å². The average Bonchev–Trinajstić information content (AvgIpc) is 3.21. The minimum absolute atomic E-state index is 0.142. The second kappa shape index (κ2) is 9.75. The molecule has 0 bridgehead atoms. The van der Waals surface area contributed by atoms with Crippen molar-refractivity contribution < 1.29 is 19.0 Å². The number of carbonyl (C=O) groups is 1. The third-order valence-corrected chi connectivity index (χ3v) is 4.80. The van der Waals surface area contributed by atoms with Crippen LogP contribution in [0.3, 0.4) is 0 Å². The molecule has 0 unspecified atom stereocenters. The monoisotopic (exact) mass is 410 g/mol. The molecule has 0 saturated carbocycles. The van der Waals surface area contributed by atoms with Crippen molar-refractivity contribution >= 4 is 28.5 Å². The number of ether oxygens (including phenoxy) is 3. The van der Waals surface area contributed by atoms with Crippen LogP contribution < -0.4 is 19.5 Å². The Bertz CT molecular complexity index is 996. The highest BCUT2D eigenvalue weighted by molar-refractivity contribution is 7.14. The smallest absolute Gasteiger partial charge is 0.264 e. The first-order chi connectivity index (χ1) is 14.1. The summed E-state index contributed by atoms with van der Waals surface area (Å²) in [6.45, 7) is 1.80. The minimum Gasteiger partial charge on any atom is -0.497 e. The van der Waals surface area contributed by atoms with E-state index in [9.17, 15) is 4.79 Å². The van der Waals surface area contributed by atoms with E-state index in [-0.39, 0.29) is 12.5 Å². The number of benzene rings is 2. The van der Waals surface area contributed by atoms with Crippen LogP contribution in [0.5, 0.6) is 17.2 Å². The van der Waals surface area contributed by atoms with Crippen LogP contribution in [0.2, 0.25) is 0 Å². The van der Waals surface area contributed by atoms with E-state index < -0.39 is 0 Å². The number of nitrogens with zero attached hydrogens (tertiary/aromatic N) is 1. The summed E-state index contributed by atoms with van der Waals surface area (Å²) in [4.78, 5) is 16.7. The highest BCUT2D eigenvalue weighted by Gasteiger charge is 2.11. The Hall–Kier alpha value is -3.32. The number of thiazole rings is 1. The molecule has 3 rings (SSSR count). The van der Waals surface area contributed by atoms with Gasteiger partial charge in [0.05, 0.1) is 19.9 Å². The largest absolute Gasteiger partial charge is 0.497 e.